The van der Waals surface area contributed by atoms with Crippen LogP contribution in [0.25, 0.3) is 0 Å². The average Bonchev–Trinajstić information content (AvgIpc) is 3.30. The summed E-state index contributed by atoms with van der Waals surface area (Å²) in [4.78, 5) is 40.6. The minimum atomic E-state index is -2.84. The molecule has 11 heteroatoms. The number of alkyl halides is 2. The Morgan fingerprint density at radius 2 is 1.91 bits per heavy atom. The molecule has 1 aliphatic carbocycles. The van der Waals surface area contributed by atoms with Crippen LogP contribution in [0.3, 0.4) is 0 Å². The summed E-state index contributed by atoms with van der Waals surface area (Å²) in [5.74, 6) is -3.94. The summed E-state index contributed by atoms with van der Waals surface area (Å²) in [7, 11) is 0. The van der Waals surface area contributed by atoms with Gasteiger partial charge >= 0.3 is 0 Å². The van der Waals surface area contributed by atoms with Crippen LogP contribution in [0.2, 0.25) is 0 Å². The monoisotopic (exact) mass is 443 g/mol. The Morgan fingerprint density at radius 3 is 2.50 bits per heavy atom. The number of halogens is 2. The van der Waals surface area contributed by atoms with E-state index in [9.17, 15) is 18.4 Å². The van der Waals surface area contributed by atoms with E-state index in [-0.39, 0.29) is 24.2 Å². The van der Waals surface area contributed by atoms with Gasteiger partial charge in [-0.05, 0) is 37.5 Å². The van der Waals surface area contributed by atoms with E-state index < -0.39 is 23.7 Å². The Balaban J connectivity index is 1.29. The third kappa shape index (κ3) is 3.61. The number of aromatic nitrogens is 3. The zero-order chi connectivity index (χ0) is 22.6. The third-order valence-corrected chi connectivity index (χ3v) is 6.39. The molecule has 2 unspecified atom stereocenters. The molecule has 0 radical (unpaired) electrons. The van der Waals surface area contributed by atoms with Crippen LogP contribution in [-0.4, -0.2) is 62.8 Å². The lowest BCUT2D eigenvalue weighted by atomic mass is 10.1. The number of hydrogen-bond donors (Lipinski definition) is 2. The van der Waals surface area contributed by atoms with Gasteiger partial charge in [-0.25, -0.2) is 18.7 Å². The number of pyridine rings is 1. The van der Waals surface area contributed by atoms with Crippen molar-refractivity contribution in [3.05, 3.63) is 35.8 Å². The number of rotatable bonds is 5. The normalized spacial score (nSPS) is 25.5. The highest BCUT2D eigenvalue weighted by atomic mass is 19.3. The number of aryl methyl sites for hydroxylation is 1. The van der Waals surface area contributed by atoms with Gasteiger partial charge in [0.05, 0.1) is 11.9 Å². The number of hydrogen-bond acceptors (Lipinski definition) is 7. The van der Waals surface area contributed by atoms with Crippen LogP contribution in [-0.2, 0) is 4.79 Å². The summed E-state index contributed by atoms with van der Waals surface area (Å²) in [6.07, 6.45) is 4.40. The van der Waals surface area contributed by atoms with Gasteiger partial charge in [0.1, 0.15) is 17.4 Å². The van der Waals surface area contributed by atoms with Crippen molar-refractivity contribution >= 4 is 29.3 Å². The molecule has 2 aromatic rings. The first-order valence-corrected chi connectivity index (χ1v) is 10.5. The van der Waals surface area contributed by atoms with Crippen molar-refractivity contribution in [3.8, 4) is 0 Å². The Morgan fingerprint density at radius 1 is 1.22 bits per heavy atom. The van der Waals surface area contributed by atoms with Crippen LogP contribution in [0.1, 0.15) is 35.3 Å². The van der Waals surface area contributed by atoms with E-state index in [2.05, 4.69) is 25.2 Å². The number of fused-ring (bicyclic) bond motifs is 2. The Bertz CT molecular complexity index is 1080. The van der Waals surface area contributed by atoms with E-state index in [1.54, 1.807) is 30.2 Å². The van der Waals surface area contributed by atoms with Gasteiger partial charge in [0.2, 0.25) is 11.9 Å². The summed E-state index contributed by atoms with van der Waals surface area (Å²) in [6, 6.07) is 3.35. The van der Waals surface area contributed by atoms with E-state index in [4.69, 9.17) is 5.73 Å². The number of nitrogens with two attached hydrogens (primary N) is 1. The SMILES string of the molecule is Cc1cc(Nc2nccc(N3CC4CCC(C3)N4C(=O)[C@@H]3CC3(F)F)n2)cnc1C(N)=O. The molecule has 2 bridgehead atoms. The zero-order valence-electron chi connectivity index (χ0n) is 17.5. The number of carbonyl (C=O) groups excluding carboxylic acids is 2. The molecule has 4 heterocycles. The molecule has 0 aromatic carbocycles. The minimum absolute atomic E-state index is 0.0859. The molecule has 1 saturated carbocycles. The summed E-state index contributed by atoms with van der Waals surface area (Å²) >= 11 is 0. The van der Waals surface area contributed by atoms with Gasteiger partial charge in [0, 0.05) is 37.8 Å². The first kappa shape index (κ1) is 20.5. The largest absolute Gasteiger partial charge is 0.364 e. The maximum absolute atomic E-state index is 13.4. The van der Waals surface area contributed by atoms with E-state index in [0.29, 0.717) is 36.1 Å². The van der Waals surface area contributed by atoms with Gasteiger partial charge in [-0.1, -0.05) is 0 Å². The highest BCUT2D eigenvalue weighted by Gasteiger charge is 2.64. The zero-order valence-corrected chi connectivity index (χ0v) is 17.5. The summed E-state index contributed by atoms with van der Waals surface area (Å²) in [6.45, 7) is 2.83. The molecule has 2 aromatic heterocycles. The van der Waals surface area contributed by atoms with Crippen LogP contribution in [0.15, 0.2) is 24.5 Å². The lowest BCUT2D eigenvalue weighted by molar-refractivity contribution is -0.138. The van der Waals surface area contributed by atoms with Gasteiger partial charge < -0.3 is 20.9 Å². The molecule has 2 aliphatic heterocycles. The number of piperazine rings is 1. The third-order valence-electron chi connectivity index (χ3n) is 6.39. The van der Waals surface area contributed by atoms with Crippen molar-refractivity contribution in [3.63, 3.8) is 0 Å². The number of primary amides is 1. The number of amides is 2. The second kappa shape index (κ2) is 7.35. The molecular formula is C21H23F2N7O2. The van der Waals surface area contributed by atoms with Crippen LogP contribution in [0, 0.1) is 12.8 Å². The molecule has 168 valence electrons. The second-order valence-electron chi connectivity index (χ2n) is 8.67. The van der Waals surface area contributed by atoms with E-state index in [0.717, 1.165) is 12.8 Å². The standard InChI is InChI=1S/C21H23F2N7O2/c1-11-6-12(8-26-17(11)18(24)31)27-20-25-5-4-16(28-20)29-9-13-2-3-14(10-29)30(13)19(32)15-7-21(15,22)23/h4-6,8,13-15H,2-3,7,9-10H2,1H3,(H2,24,31)(H,25,27,28)/t13?,14?,15-/m0/s1. The Labute approximate surface area is 183 Å². The average molecular weight is 443 g/mol. The van der Waals surface area contributed by atoms with Crippen LogP contribution < -0.4 is 16.0 Å². The van der Waals surface area contributed by atoms with Crippen molar-refractivity contribution in [2.75, 3.05) is 23.3 Å². The fourth-order valence-electron chi connectivity index (χ4n) is 4.73. The van der Waals surface area contributed by atoms with Crippen LogP contribution in [0.4, 0.5) is 26.2 Å². The predicted octanol–water partition coefficient (Wildman–Crippen LogP) is 1.86. The first-order chi connectivity index (χ1) is 15.2. The van der Waals surface area contributed by atoms with Crippen LogP contribution in [0.5, 0.6) is 0 Å². The van der Waals surface area contributed by atoms with E-state index >= 15 is 0 Å². The van der Waals surface area contributed by atoms with Gasteiger partial charge in [0.15, 0.2) is 0 Å². The maximum atomic E-state index is 13.4. The maximum Gasteiger partial charge on any atom is 0.267 e. The van der Waals surface area contributed by atoms with Crippen molar-refractivity contribution in [1.29, 1.82) is 0 Å². The first-order valence-electron chi connectivity index (χ1n) is 10.5. The highest BCUT2D eigenvalue weighted by Crippen LogP contribution is 2.51. The van der Waals surface area contributed by atoms with E-state index in [1.165, 1.54) is 6.20 Å². The van der Waals surface area contributed by atoms with Gasteiger partial charge in [-0.3, -0.25) is 9.59 Å². The summed E-state index contributed by atoms with van der Waals surface area (Å²) in [5, 5.41) is 3.08. The summed E-state index contributed by atoms with van der Waals surface area (Å²) in [5.41, 5.74) is 6.75. The number of nitrogens with zero attached hydrogens (tertiary/aromatic N) is 5. The molecule has 5 rings (SSSR count). The molecular weight excluding hydrogens is 420 g/mol. The number of carbonyl (C=O) groups is 2. The minimum Gasteiger partial charge on any atom is -0.364 e. The molecule has 2 amide bonds. The molecule has 0 spiro atoms. The molecule has 3 aliphatic rings. The molecule has 3 N–H and O–H groups in total. The van der Waals surface area contributed by atoms with E-state index in [1.807, 2.05) is 0 Å². The predicted molar refractivity (Wildman–Crippen MR) is 112 cm³/mol. The highest BCUT2D eigenvalue weighted by molar-refractivity contribution is 5.92. The van der Waals surface area contributed by atoms with Crippen molar-refractivity contribution < 1.29 is 18.4 Å². The van der Waals surface area contributed by atoms with Gasteiger partial charge in [0.25, 0.3) is 11.8 Å². The molecule has 32 heavy (non-hydrogen) atoms. The van der Waals surface area contributed by atoms with Crippen molar-refractivity contribution in [1.82, 2.24) is 19.9 Å². The van der Waals surface area contributed by atoms with Gasteiger partial charge in [-0.15, -0.1) is 0 Å². The molecule has 3 atom stereocenters. The van der Waals surface area contributed by atoms with Crippen molar-refractivity contribution in [2.45, 2.75) is 44.2 Å². The number of anilines is 3. The van der Waals surface area contributed by atoms with Gasteiger partial charge in [-0.2, -0.15) is 4.98 Å². The Kier molecular flexibility index (Phi) is 4.72. The molecule has 3 fully saturated rings. The summed E-state index contributed by atoms with van der Waals surface area (Å²) < 4.78 is 26.8. The lowest BCUT2D eigenvalue weighted by Gasteiger charge is -2.41. The Hall–Kier alpha value is -3.37. The second-order valence-corrected chi connectivity index (χ2v) is 8.67. The number of nitrogens with one attached hydrogen (secondary N) is 1. The topological polar surface area (TPSA) is 117 Å². The lowest BCUT2D eigenvalue weighted by Crippen LogP contribution is -2.56. The smallest absolute Gasteiger partial charge is 0.267 e. The van der Waals surface area contributed by atoms with Crippen LogP contribution >= 0.6 is 0 Å². The molecule has 9 nitrogen and oxygen atoms in total. The fourth-order valence-corrected chi connectivity index (χ4v) is 4.73. The molecule has 2 saturated heterocycles. The van der Waals surface area contributed by atoms with Crippen molar-refractivity contribution in [2.24, 2.45) is 11.7 Å². The fraction of sp³-hybridized carbons (Fsp3) is 0.476. The quantitative estimate of drug-likeness (QED) is 0.724.